The smallest absolute Gasteiger partial charge is 0.335 e. The van der Waals surface area contributed by atoms with Crippen LogP contribution in [0.5, 0.6) is 5.75 Å². The third kappa shape index (κ3) is 5.52. The van der Waals surface area contributed by atoms with E-state index in [1.807, 2.05) is 66.7 Å². The number of methoxy groups -OCH3 is 1. The number of rotatable bonds is 8. The van der Waals surface area contributed by atoms with Crippen molar-refractivity contribution in [2.75, 3.05) is 20.3 Å². The summed E-state index contributed by atoms with van der Waals surface area (Å²) in [6.07, 6.45) is 4.86. The van der Waals surface area contributed by atoms with E-state index in [1.165, 1.54) is 0 Å². The molecule has 0 atom stereocenters. The Labute approximate surface area is 220 Å². The minimum Gasteiger partial charge on any atom is -0.497 e. The lowest BCUT2D eigenvalue weighted by Gasteiger charge is -2.28. The van der Waals surface area contributed by atoms with Crippen LogP contribution in [0.25, 0.3) is 23.1 Å². The Morgan fingerprint density at radius 2 is 1.86 bits per heavy atom. The lowest BCUT2D eigenvalue weighted by Crippen LogP contribution is -2.28. The number of hydrogen-bond acceptors (Lipinski definition) is 5. The van der Waals surface area contributed by atoms with Crippen molar-refractivity contribution in [2.45, 2.75) is 18.6 Å². The molecule has 188 valence electrons. The molecule has 0 unspecified atom stereocenters. The number of carboxylic acid groups (broad SMARTS) is 1. The second-order valence-electron chi connectivity index (χ2n) is 8.81. The van der Waals surface area contributed by atoms with Crippen molar-refractivity contribution in [3.05, 3.63) is 106 Å². The minimum absolute atomic E-state index is 0.245. The van der Waals surface area contributed by atoms with Crippen LogP contribution in [0.2, 0.25) is 5.02 Å². The van der Waals surface area contributed by atoms with E-state index in [2.05, 4.69) is 4.98 Å². The van der Waals surface area contributed by atoms with E-state index in [-0.39, 0.29) is 5.56 Å². The van der Waals surface area contributed by atoms with Gasteiger partial charge in [-0.15, -0.1) is 0 Å². The first-order chi connectivity index (χ1) is 18.0. The molecule has 1 aromatic heterocycles. The van der Waals surface area contributed by atoms with Gasteiger partial charge in [-0.2, -0.15) is 0 Å². The summed E-state index contributed by atoms with van der Waals surface area (Å²) in [6, 6.07) is 22.6. The molecule has 0 aliphatic carbocycles. The highest BCUT2D eigenvalue weighted by molar-refractivity contribution is 6.31. The maximum atomic E-state index is 11.8. The predicted octanol–water partition coefficient (Wildman–Crippen LogP) is 6.60. The zero-order chi connectivity index (χ0) is 25.8. The number of aromatic nitrogens is 1. The first kappa shape index (κ1) is 25.0. The normalized spacial score (nSPS) is 14.9. The number of carbonyl (C=O) groups is 1. The molecule has 0 bridgehead atoms. The SMILES string of the molecule is COc1ccc(C(=O)O)c(CCC2(c3cccc(/C=C/c4ccc5ccc(Cl)cc5n4)c3)OCCO2)c1. The molecule has 0 spiro atoms. The molecule has 1 saturated heterocycles. The number of halogens is 1. The monoisotopic (exact) mass is 515 g/mol. The quantitative estimate of drug-likeness (QED) is 0.285. The van der Waals surface area contributed by atoms with Crippen molar-refractivity contribution < 1.29 is 24.1 Å². The Kier molecular flexibility index (Phi) is 7.24. The minimum atomic E-state index is -0.975. The van der Waals surface area contributed by atoms with Gasteiger partial charge >= 0.3 is 5.97 Å². The van der Waals surface area contributed by atoms with E-state index >= 15 is 0 Å². The summed E-state index contributed by atoms with van der Waals surface area (Å²) in [7, 11) is 1.56. The largest absolute Gasteiger partial charge is 0.497 e. The highest BCUT2D eigenvalue weighted by atomic mass is 35.5. The first-order valence-corrected chi connectivity index (χ1v) is 12.4. The van der Waals surface area contributed by atoms with Crippen LogP contribution in [-0.4, -0.2) is 36.4 Å². The fraction of sp³-hybridized carbons (Fsp3) is 0.200. The fourth-order valence-electron chi connectivity index (χ4n) is 4.58. The van der Waals surface area contributed by atoms with Crippen molar-refractivity contribution in [1.82, 2.24) is 4.98 Å². The van der Waals surface area contributed by atoms with E-state index in [1.54, 1.807) is 25.3 Å². The number of hydrogen-bond donors (Lipinski definition) is 1. The maximum absolute atomic E-state index is 11.8. The van der Waals surface area contributed by atoms with Gasteiger partial charge in [0.25, 0.3) is 0 Å². The average molecular weight is 516 g/mol. The second kappa shape index (κ2) is 10.7. The third-order valence-corrected chi connectivity index (χ3v) is 6.70. The molecule has 2 heterocycles. The van der Waals surface area contributed by atoms with E-state index in [0.717, 1.165) is 27.7 Å². The standard InChI is InChI=1S/C30H26ClNO5/c1-35-26-11-12-27(29(33)34)22(18-26)13-14-30(36-15-16-37-30)23-4-2-3-20(17-23)5-9-25-10-7-21-6-8-24(31)19-28(21)32-25/h2-12,17-19H,13-16H2,1H3,(H,33,34)/b9-5+. The van der Waals surface area contributed by atoms with Crippen LogP contribution in [0.15, 0.2) is 72.8 Å². The molecule has 1 fully saturated rings. The molecular weight excluding hydrogens is 490 g/mol. The van der Waals surface area contributed by atoms with Crippen LogP contribution in [0.3, 0.4) is 0 Å². The van der Waals surface area contributed by atoms with Crippen molar-refractivity contribution >= 4 is 40.6 Å². The van der Waals surface area contributed by atoms with Crippen LogP contribution in [0, 0.1) is 0 Å². The zero-order valence-corrected chi connectivity index (χ0v) is 21.1. The molecule has 0 amide bonds. The van der Waals surface area contributed by atoms with Crippen LogP contribution in [0.4, 0.5) is 0 Å². The Hall–Kier alpha value is -3.71. The fourth-order valence-corrected chi connectivity index (χ4v) is 4.75. The lowest BCUT2D eigenvalue weighted by molar-refractivity contribution is -0.170. The molecule has 0 radical (unpaired) electrons. The number of benzene rings is 3. The first-order valence-electron chi connectivity index (χ1n) is 12.0. The Balaban J connectivity index is 1.39. The number of fused-ring (bicyclic) bond motifs is 1. The molecule has 1 N–H and O–H groups in total. The van der Waals surface area contributed by atoms with E-state index in [0.29, 0.717) is 42.4 Å². The zero-order valence-electron chi connectivity index (χ0n) is 20.3. The van der Waals surface area contributed by atoms with Crippen LogP contribution in [0.1, 0.15) is 39.2 Å². The summed E-state index contributed by atoms with van der Waals surface area (Å²) >= 11 is 6.12. The van der Waals surface area contributed by atoms with Gasteiger partial charge in [0, 0.05) is 22.4 Å². The summed E-state index contributed by atoms with van der Waals surface area (Å²) < 4.78 is 17.6. The van der Waals surface area contributed by atoms with Gasteiger partial charge in [0.05, 0.1) is 37.1 Å². The topological polar surface area (TPSA) is 77.9 Å². The van der Waals surface area contributed by atoms with Crippen LogP contribution in [-0.2, 0) is 21.7 Å². The second-order valence-corrected chi connectivity index (χ2v) is 9.25. The predicted molar refractivity (Wildman–Crippen MR) is 144 cm³/mol. The summed E-state index contributed by atoms with van der Waals surface area (Å²) in [5.74, 6) is -1.32. The molecular formula is C30H26ClNO5. The maximum Gasteiger partial charge on any atom is 0.335 e. The number of aromatic carboxylic acids is 1. The van der Waals surface area contributed by atoms with Gasteiger partial charge in [0.2, 0.25) is 0 Å². The summed E-state index contributed by atoms with van der Waals surface area (Å²) in [5, 5.41) is 11.3. The Bertz CT molecular complexity index is 1480. The van der Waals surface area contributed by atoms with Gasteiger partial charge in [0.15, 0.2) is 5.79 Å². The molecule has 4 aromatic rings. The Morgan fingerprint density at radius 1 is 1.05 bits per heavy atom. The molecule has 3 aromatic carbocycles. The van der Waals surface area contributed by atoms with Crippen LogP contribution < -0.4 is 4.74 Å². The highest BCUT2D eigenvalue weighted by Crippen LogP contribution is 2.37. The lowest BCUT2D eigenvalue weighted by atomic mass is 9.94. The van der Waals surface area contributed by atoms with Gasteiger partial charge in [-0.1, -0.05) is 48.0 Å². The highest BCUT2D eigenvalue weighted by Gasteiger charge is 2.38. The average Bonchev–Trinajstić information content (AvgIpc) is 3.40. The molecule has 5 rings (SSSR count). The summed E-state index contributed by atoms with van der Waals surface area (Å²) in [6.45, 7) is 0.932. The number of nitrogens with zero attached hydrogens (tertiary/aromatic N) is 1. The number of carboxylic acids is 1. The molecule has 1 aliphatic rings. The summed E-state index contributed by atoms with van der Waals surface area (Å²) in [4.78, 5) is 16.5. The van der Waals surface area contributed by atoms with Gasteiger partial charge < -0.3 is 19.3 Å². The van der Waals surface area contributed by atoms with E-state index < -0.39 is 11.8 Å². The summed E-state index contributed by atoms with van der Waals surface area (Å²) in [5.41, 5.74) is 4.43. The van der Waals surface area contributed by atoms with E-state index in [9.17, 15) is 9.90 Å². The van der Waals surface area contributed by atoms with Crippen molar-refractivity contribution in [2.24, 2.45) is 0 Å². The molecule has 1 aliphatic heterocycles. The van der Waals surface area contributed by atoms with Gasteiger partial charge in [-0.05, 0) is 66.1 Å². The molecule has 7 heteroatoms. The number of ether oxygens (including phenoxy) is 3. The number of pyridine rings is 1. The van der Waals surface area contributed by atoms with Gasteiger partial charge in [-0.25, -0.2) is 9.78 Å². The molecule has 37 heavy (non-hydrogen) atoms. The molecule has 6 nitrogen and oxygen atoms in total. The van der Waals surface area contributed by atoms with Crippen molar-refractivity contribution in [3.63, 3.8) is 0 Å². The third-order valence-electron chi connectivity index (χ3n) is 6.47. The Morgan fingerprint density at radius 3 is 2.65 bits per heavy atom. The van der Waals surface area contributed by atoms with Gasteiger partial charge in [0.1, 0.15) is 5.75 Å². The van der Waals surface area contributed by atoms with Gasteiger partial charge in [-0.3, -0.25) is 0 Å². The van der Waals surface area contributed by atoms with Crippen LogP contribution >= 0.6 is 11.6 Å². The van der Waals surface area contributed by atoms with E-state index in [4.69, 9.17) is 25.8 Å². The van der Waals surface area contributed by atoms with Crippen molar-refractivity contribution in [3.8, 4) is 5.75 Å². The van der Waals surface area contributed by atoms with Crippen molar-refractivity contribution in [1.29, 1.82) is 0 Å². The molecule has 0 saturated carbocycles. The number of aryl methyl sites for hydroxylation is 1.